The Balaban J connectivity index is 0.000000980. The number of carbonyl (C=O) groups excluding carboxylic acids is 1. The number of rotatable bonds is 1. The molecule has 0 aromatic rings. The van der Waals surface area contributed by atoms with Crippen molar-refractivity contribution in [2.24, 2.45) is 5.92 Å². The molecule has 2 heterocycles. The average molecular weight is 221 g/mol. The van der Waals surface area contributed by atoms with E-state index in [0.29, 0.717) is 18.6 Å². The summed E-state index contributed by atoms with van der Waals surface area (Å²) < 4.78 is 4.95. The minimum absolute atomic E-state index is 0. The van der Waals surface area contributed by atoms with Crippen molar-refractivity contribution in [2.45, 2.75) is 19.4 Å². The van der Waals surface area contributed by atoms with Crippen LogP contribution in [0, 0.1) is 5.92 Å². The molecule has 0 radical (unpaired) electrons. The second-order valence-electron chi connectivity index (χ2n) is 3.71. The summed E-state index contributed by atoms with van der Waals surface area (Å²) in [5.74, 6) is 0.657. The summed E-state index contributed by atoms with van der Waals surface area (Å²) in [6.07, 6.45) is 1.04. The SMILES string of the molecule is CCOC(=O)N1C[C@@H]2CCN[C@@H]2C1.Cl. The zero-order chi connectivity index (χ0) is 9.26. The summed E-state index contributed by atoms with van der Waals surface area (Å²) in [4.78, 5) is 13.2. The number of hydrogen-bond acceptors (Lipinski definition) is 3. The first-order valence-corrected chi connectivity index (χ1v) is 4.96. The van der Waals surface area contributed by atoms with Crippen LogP contribution in [0.25, 0.3) is 0 Å². The summed E-state index contributed by atoms with van der Waals surface area (Å²) in [5.41, 5.74) is 0. The molecule has 0 saturated carbocycles. The van der Waals surface area contributed by atoms with Gasteiger partial charge in [-0.1, -0.05) is 0 Å². The Labute approximate surface area is 90.4 Å². The van der Waals surface area contributed by atoms with Crippen LogP contribution in [0.3, 0.4) is 0 Å². The molecule has 1 N–H and O–H groups in total. The number of likely N-dealkylation sites (tertiary alicyclic amines) is 1. The minimum atomic E-state index is -0.154. The van der Waals surface area contributed by atoms with E-state index in [4.69, 9.17) is 4.74 Å². The van der Waals surface area contributed by atoms with Gasteiger partial charge in [-0.05, 0) is 25.8 Å². The first-order chi connectivity index (χ1) is 6.31. The molecule has 2 rings (SSSR count). The van der Waals surface area contributed by atoms with Crippen LogP contribution in [0.2, 0.25) is 0 Å². The van der Waals surface area contributed by atoms with Gasteiger partial charge in [-0.15, -0.1) is 12.4 Å². The molecule has 0 spiro atoms. The monoisotopic (exact) mass is 220 g/mol. The van der Waals surface area contributed by atoms with Crippen LogP contribution in [-0.4, -0.2) is 43.3 Å². The maximum absolute atomic E-state index is 11.4. The van der Waals surface area contributed by atoms with Gasteiger partial charge in [-0.2, -0.15) is 0 Å². The summed E-state index contributed by atoms with van der Waals surface area (Å²) >= 11 is 0. The van der Waals surface area contributed by atoms with Crippen molar-refractivity contribution in [3.05, 3.63) is 0 Å². The highest BCUT2D eigenvalue weighted by Gasteiger charge is 2.38. The lowest BCUT2D eigenvalue weighted by atomic mass is 10.1. The van der Waals surface area contributed by atoms with E-state index in [9.17, 15) is 4.79 Å². The van der Waals surface area contributed by atoms with Crippen LogP contribution >= 0.6 is 12.4 Å². The molecule has 2 fully saturated rings. The summed E-state index contributed by atoms with van der Waals surface area (Å²) in [6.45, 7) is 5.11. The maximum atomic E-state index is 11.4. The molecule has 4 nitrogen and oxygen atoms in total. The van der Waals surface area contributed by atoms with Crippen molar-refractivity contribution in [3.8, 4) is 0 Å². The number of ether oxygens (including phenoxy) is 1. The molecule has 0 bridgehead atoms. The molecule has 0 unspecified atom stereocenters. The predicted molar refractivity (Wildman–Crippen MR) is 55.7 cm³/mol. The van der Waals surface area contributed by atoms with Gasteiger partial charge in [0.05, 0.1) is 6.61 Å². The first kappa shape index (κ1) is 11.6. The average Bonchev–Trinajstić information content (AvgIpc) is 2.61. The van der Waals surface area contributed by atoms with Gasteiger partial charge in [-0.25, -0.2) is 4.79 Å². The van der Waals surface area contributed by atoms with Crippen LogP contribution in [0.1, 0.15) is 13.3 Å². The van der Waals surface area contributed by atoms with Crippen molar-refractivity contribution in [2.75, 3.05) is 26.2 Å². The summed E-state index contributed by atoms with van der Waals surface area (Å²) in [7, 11) is 0. The van der Waals surface area contributed by atoms with Gasteiger partial charge in [0, 0.05) is 19.1 Å². The standard InChI is InChI=1S/C9H16N2O2.ClH/c1-2-13-9(12)11-5-7-3-4-10-8(7)6-11;/h7-8,10H,2-6H2,1H3;1H/t7-,8+;/m0./s1. The van der Waals surface area contributed by atoms with E-state index in [0.717, 1.165) is 19.6 Å². The van der Waals surface area contributed by atoms with Crippen LogP contribution < -0.4 is 5.32 Å². The predicted octanol–water partition coefficient (Wildman–Crippen LogP) is 0.858. The second kappa shape index (κ2) is 4.84. The Kier molecular flexibility index (Phi) is 4.01. The lowest BCUT2D eigenvalue weighted by molar-refractivity contribution is 0.113. The first-order valence-electron chi connectivity index (χ1n) is 4.96. The quantitative estimate of drug-likeness (QED) is 0.713. The Morgan fingerprint density at radius 3 is 3.00 bits per heavy atom. The highest BCUT2D eigenvalue weighted by Crippen LogP contribution is 2.24. The van der Waals surface area contributed by atoms with Gasteiger partial charge in [0.1, 0.15) is 0 Å². The Morgan fingerprint density at radius 2 is 2.36 bits per heavy atom. The van der Waals surface area contributed by atoms with Gasteiger partial charge in [-0.3, -0.25) is 0 Å². The number of halogens is 1. The molecular weight excluding hydrogens is 204 g/mol. The molecule has 0 aliphatic carbocycles. The summed E-state index contributed by atoms with van der Waals surface area (Å²) in [5, 5.41) is 3.40. The second-order valence-corrected chi connectivity index (χ2v) is 3.71. The van der Waals surface area contributed by atoms with Gasteiger partial charge in [0.15, 0.2) is 0 Å². The Hall–Kier alpha value is -0.480. The third kappa shape index (κ3) is 2.12. The zero-order valence-electron chi connectivity index (χ0n) is 8.36. The Bertz CT molecular complexity index is 201. The molecule has 1 amide bonds. The van der Waals surface area contributed by atoms with E-state index in [1.165, 1.54) is 6.42 Å². The van der Waals surface area contributed by atoms with Gasteiger partial charge < -0.3 is 15.0 Å². The van der Waals surface area contributed by atoms with Crippen LogP contribution in [0.15, 0.2) is 0 Å². The fourth-order valence-electron chi connectivity index (χ4n) is 2.21. The van der Waals surface area contributed by atoms with E-state index in [2.05, 4.69) is 5.32 Å². The lowest BCUT2D eigenvalue weighted by Gasteiger charge is -2.16. The normalized spacial score (nSPS) is 29.6. The molecule has 82 valence electrons. The molecule has 2 aliphatic heterocycles. The largest absolute Gasteiger partial charge is 0.450 e. The highest BCUT2D eigenvalue weighted by molar-refractivity contribution is 5.85. The number of nitrogens with zero attached hydrogens (tertiary/aromatic N) is 1. The third-order valence-corrected chi connectivity index (χ3v) is 2.89. The van der Waals surface area contributed by atoms with Gasteiger partial charge in [0.2, 0.25) is 0 Å². The van der Waals surface area contributed by atoms with E-state index in [1.54, 1.807) is 0 Å². The van der Waals surface area contributed by atoms with Crippen molar-refractivity contribution >= 4 is 18.5 Å². The molecule has 2 aliphatic rings. The third-order valence-electron chi connectivity index (χ3n) is 2.89. The number of hydrogen-bond donors (Lipinski definition) is 1. The zero-order valence-corrected chi connectivity index (χ0v) is 9.18. The molecule has 0 aromatic carbocycles. The minimum Gasteiger partial charge on any atom is -0.450 e. The fourth-order valence-corrected chi connectivity index (χ4v) is 2.21. The maximum Gasteiger partial charge on any atom is 0.409 e. The van der Waals surface area contributed by atoms with Gasteiger partial charge >= 0.3 is 6.09 Å². The van der Waals surface area contributed by atoms with Crippen molar-refractivity contribution < 1.29 is 9.53 Å². The van der Waals surface area contributed by atoms with Crippen molar-refractivity contribution in [1.82, 2.24) is 10.2 Å². The van der Waals surface area contributed by atoms with E-state index >= 15 is 0 Å². The molecule has 2 saturated heterocycles. The number of carbonyl (C=O) groups is 1. The van der Waals surface area contributed by atoms with Crippen LogP contribution in [0.4, 0.5) is 4.79 Å². The fraction of sp³-hybridized carbons (Fsp3) is 0.889. The van der Waals surface area contributed by atoms with E-state index in [-0.39, 0.29) is 18.5 Å². The molecule has 2 atom stereocenters. The number of fused-ring (bicyclic) bond motifs is 1. The molecule has 5 heteroatoms. The summed E-state index contributed by atoms with van der Waals surface area (Å²) in [6, 6.07) is 0.518. The topological polar surface area (TPSA) is 41.6 Å². The smallest absolute Gasteiger partial charge is 0.409 e. The van der Waals surface area contributed by atoms with Crippen molar-refractivity contribution in [3.63, 3.8) is 0 Å². The van der Waals surface area contributed by atoms with Crippen LogP contribution in [-0.2, 0) is 4.74 Å². The van der Waals surface area contributed by atoms with Crippen molar-refractivity contribution in [1.29, 1.82) is 0 Å². The van der Waals surface area contributed by atoms with Crippen LogP contribution in [0.5, 0.6) is 0 Å². The lowest BCUT2D eigenvalue weighted by Crippen LogP contribution is -2.34. The van der Waals surface area contributed by atoms with Gasteiger partial charge in [0.25, 0.3) is 0 Å². The highest BCUT2D eigenvalue weighted by atomic mass is 35.5. The Morgan fingerprint density at radius 1 is 1.57 bits per heavy atom. The number of nitrogens with one attached hydrogen (secondary N) is 1. The molecule has 0 aromatic heterocycles. The number of amides is 1. The molecular formula is C9H17ClN2O2. The molecule has 14 heavy (non-hydrogen) atoms. The van der Waals surface area contributed by atoms with E-state index < -0.39 is 0 Å². The van der Waals surface area contributed by atoms with E-state index in [1.807, 2.05) is 11.8 Å².